The maximum atomic E-state index is 11.3. The van der Waals surface area contributed by atoms with Crippen molar-refractivity contribution in [2.24, 2.45) is 0 Å². The van der Waals surface area contributed by atoms with E-state index in [4.69, 9.17) is 9.47 Å². The fourth-order valence-corrected chi connectivity index (χ4v) is 1.36. The minimum Gasteiger partial charge on any atom is -0.486 e. The first kappa shape index (κ1) is 9.02. The van der Waals surface area contributed by atoms with Crippen LogP contribution in [0.5, 0.6) is 11.5 Å². The summed E-state index contributed by atoms with van der Waals surface area (Å²) in [6.07, 6.45) is 0. The van der Waals surface area contributed by atoms with Gasteiger partial charge in [0.05, 0.1) is 0 Å². The molecule has 14 heavy (non-hydrogen) atoms. The first-order valence-electron chi connectivity index (χ1n) is 4.53. The zero-order valence-corrected chi connectivity index (χ0v) is 7.79. The largest absolute Gasteiger partial charge is 0.486 e. The van der Waals surface area contributed by atoms with E-state index in [2.05, 4.69) is 5.73 Å². The zero-order chi connectivity index (χ0) is 9.97. The molecule has 74 valence electrons. The number of Topliss-reactive ketones (excluding diaryl/α,β-unsaturated/α-hetero) is 1. The molecule has 0 amide bonds. The molecule has 1 aromatic rings. The minimum absolute atomic E-state index is 0.0157. The first-order chi connectivity index (χ1) is 6.81. The van der Waals surface area contributed by atoms with Crippen LogP contribution in [-0.2, 0) is 0 Å². The molecule has 1 aromatic carbocycles. The summed E-state index contributed by atoms with van der Waals surface area (Å²) in [6.45, 7) is 1.37. The number of ketones is 1. The second-order valence-corrected chi connectivity index (χ2v) is 3.03. The highest BCUT2D eigenvalue weighted by atomic mass is 16.6. The van der Waals surface area contributed by atoms with Crippen LogP contribution >= 0.6 is 0 Å². The number of carbonyl (C=O) groups excluding carboxylic acids is 1. The third-order valence-corrected chi connectivity index (χ3v) is 2.09. The predicted molar refractivity (Wildman–Crippen MR) is 49.5 cm³/mol. The van der Waals surface area contributed by atoms with Crippen LogP contribution in [0.4, 0.5) is 0 Å². The lowest BCUT2D eigenvalue weighted by Crippen LogP contribution is -2.54. The SMILES string of the molecule is [NH3+]CC(=O)c1ccc2c(c1)OCCO2. The summed E-state index contributed by atoms with van der Waals surface area (Å²) in [5.74, 6) is 1.37. The van der Waals surface area contributed by atoms with E-state index in [-0.39, 0.29) is 12.3 Å². The standard InChI is InChI=1S/C10H11NO3/c11-6-8(12)7-1-2-9-10(5-7)14-4-3-13-9/h1-2,5H,3-4,6,11H2/p+1. The molecule has 2 rings (SSSR count). The smallest absolute Gasteiger partial charge is 0.216 e. The Morgan fingerprint density at radius 2 is 2.00 bits per heavy atom. The maximum absolute atomic E-state index is 11.3. The Balaban J connectivity index is 2.33. The molecule has 1 aliphatic heterocycles. The minimum atomic E-state index is 0.0157. The van der Waals surface area contributed by atoms with Crippen LogP contribution < -0.4 is 15.2 Å². The van der Waals surface area contributed by atoms with Crippen LogP contribution in [0.3, 0.4) is 0 Å². The van der Waals surface area contributed by atoms with Gasteiger partial charge >= 0.3 is 0 Å². The average molecular weight is 194 g/mol. The zero-order valence-electron chi connectivity index (χ0n) is 7.79. The van der Waals surface area contributed by atoms with E-state index in [1.807, 2.05) is 0 Å². The monoisotopic (exact) mass is 194 g/mol. The number of hydrogen-bond donors (Lipinski definition) is 1. The number of rotatable bonds is 2. The van der Waals surface area contributed by atoms with E-state index in [1.165, 1.54) is 0 Å². The second-order valence-electron chi connectivity index (χ2n) is 3.03. The molecule has 0 saturated heterocycles. The van der Waals surface area contributed by atoms with E-state index >= 15 is 0 Å². The molecule has 0 aliphatic carbocycles. The van der Waals surface area contributed by atoms with Crippen LogP contribution in [0.2, 0.25) is 0 Å². The van der Waals surface area contributed by atoms with Gasteiger partial charge in [-0.2, -0.15) is 0 Å². The molecule has 0 bridgehead atoms. The summed E-state index contributed by atoms with van der Waals surface area (Å²) in [5, 5.41) is 0. The Hall–Kier alpha value is -1.55. The van der Waals surface area contributed by atoms with Crippen LogP contribution in [0.1, 0.15) is 10.4 Å². The quantitative estimate of drug-likeness (QED) is 0.668. The van der Waals surface area contributed by atoms with Crippen LogP contribution in [0.25, 0.3) is 0 Å². The van der Waals surface area contributed by atoms with E-state index in [9.17, 15) is 4.79 Å². The van der Waals surface area contributed by atoms with Crippen molar-refractivity contribution in [3.8, 4) is 11.5 Å². The molecular weight excluding hydrogens is 182 g/mol. The lowest BCUT2D eigenvalue weighted by atomic mass is 10.1. The number of carbonyl (C=O) groups is 1. The fourth-order valence-electron chi connectivity index (χ4n) is 1.36. The summed E-state index contributed by atoms with van der Waals surface area (Å²) < 4.78 is 10.7. The van der Waals surface area contributed by atoms with Gasteiger partial charge in [-0.05, 0) is 18.2 Å². The molecule has 4 nitrogen and oxygen atoms in total. The van der Waals surface area contributed by atoms with Crippen molar-refractivity contribution in [3.05, 3.63) is 23.8 Å². The van der Waals surface area contributed by atoms with Gasteiger partial charge in [-0.15, -0.1) is 0 Å². The van der Waals surface area contributed by atoms with Crippen molar-refractivity contribution in [1.29, 1.82) is 0 Å². The van der Waals surface area contributed by atoms with Crippen LogP contribution in [0.15, 0.2) is 18.2 Å². The Bertz CT molecular complexity index is 362. The van der Waals surface area contributed by atoms with Crippen molar-refractivity contribution in [1.82, 2.24) is 0 Å². The van der Waals surface area contributed by atoms with Crippen molar-refractivity contribution in [3.63, 3.8) is 0 Å². The molecule has 0 atom stereocenters. The topological polar surface area (TPSA) is 63.2 Å². The Labute approximate surface area is 81.6 Å². The number of benzene rings is 1. The third kappa shape index (κ3) is 1.56. The van der Waals surface area contributed by atoms with E-state index in [1.54, 1.807) is 18.2 Å². The summed E-state index contributed by atoms with van der Waals surface area (Å²) >= 11 is 0. The molecule has 0 unspecified atom stereocenters. The number of ether oxygens (including phenoxy) is 2. The molecule has 0 spiro atoms. The van der Waals surface area contributed by atoms with Gasteiger partial charge in [0.2, 0.25) is 5.78 Å². The van der Waals surface area contributed by atoms with Crippen LogP contribution in [-0.4, -0.2) is 25.5 Å². The van der Waals surface area contributed by atoms with Gasteiger partial charge in [0.15, 0.2) is 11.5 Å². The Morgan fingerprint density at radius 1 is 1.29 bits per heavy atom. The van der Waals surface area contributed by atoms with Gasteiger partial charge < -0.3 is 15.2 Å². The highest BCUT2D eigenvalue weighted by Gasteiger charge is 2.14. The molecule has 1 heterocycles. The Kier molecular flexibility index (Phi) is 2.37. The van der Waals surface area contributed by atoms with Gasteiger partial charge in [-0.1, -0.05) is 0 Å². The molecule has 0 aromatic heterocycles. The van der Waals surface area contributed by atoms with E-state index < -0.39 is 0 Å². The van der Waals surface area contributed by atoms with Crippen molar-refractivity contribution in [2.75, 3.05) is 19.8 Å². The summed E-state index contributed by atoms with van der Waals surface area (Å²) in [4.78, 5) is 11.3. The van der Waals surface area contributed by atoms with Gasteiger partial charge in [0, 0.05) is 5.56 Å². The lowest BCUT2D eigenvalue weighted by Gasteiger charge is -2.18. The van der Waals surface area contributed by atoms with Crippen molar-refractivity contribution >= 4 is 5.78 Å². The van der Waals surface area contributed by atoms with Gasteiger partial charge in [-0.3, -0.25) is 4.79 Å². The normalized spacial score (nSPS) is 13.8. The summed E-state index contributed by atoms with van der Waals surface area (Å²) in [6, 6.07) is 5.21. The van der Waals surface area contributed by atoms with Crippen molar-refractivity contribution < 1.29 is 20.0 Å². The highest BCUT2D eigenvalue weighted by molar-refractivity contribution is 5.97. The predicted octanol–water partition coefficient (Wildman–Crippen LogP) is -0.118. The van der Waals surface area contributed by atoms with E-state index in [0.717, 1.165) is 0 Å². The van der Waals surface area contributed by atoms with E-state index in [0.29, 0.717) is 30.3 Å². The van der Waals surface area contributed by atoms with Gasteiger partial charge in [-0.25, -0.2) is 0 Å². The van der Waals surface area contributed by atoms with Gasteiger partial charge in [0.25, 0.3) is 0 Å². The molecular formula is C10H12NO3+. The molecule has 3 N–H and O–H groups in total. The maximum Gasteiger partial charge on any atom is 0.216 e. The number of fused-ring (bicyclic) bond motifs is 1. The molecule has 0 fully saturated rings. The van der Waals surface area contributed by atoms with Gasteiger partial charge in [0.1, 0.15) is 19.8 Å². The Morgan fingerprint density at radius 3 is 2.71 bits per heavy atom. The van der Waals surface area contributed by atoms with Crippen LogP contribution in [0, 0.1) is 0 Å². The second kappa shape index (κ2) is 3.67. The third-order valence-electron chi connectivity index (χ3n) is 2.09. The first-order valence-corrected chi connectivity index (χ1v) is 4.53. The summed E-state index contributed by atoms with van der Waals surface area (Å²) in [7, 11) is 0. The fraction of sp³-hybridized carbons (Fsp3) is 0.300. The van der Waals surface area contributed by atoms with Crippen molar-refractivity contribution in [2.45, 2.75) is 0 Å². The summed E-state index contributed by atoms with van der Waals surface area (Å²) in [5.41, 5.74) is 4.18. The highest BCUT2D eigenvalue weighted by Crippen LogP contribution is 2.30. The molecule has 4 heteroatoms. The average Bonchev–Trinajstić information content (AvgIpc) is 2.27. The molecule has 0 radical (unpaired) electrons. The number of hydrogen-bond acceptors (Lipinski definition) is 3. The molecule has 0 saturated carbocycles. The number of quaternary nitrogens is 1. The molecule has 1 aliphatic rings. The lowest BCUT2D eigenvalue weighted by molar-refractivity contribution is -0.349.